The Morgan fingerprint density at radius 3 is 2.45 bits per heavy atom. The SMILES string of the molecule is CCSc1c([N+]#N)ccc(N(C)C)c1OCC(C)C.[Cl-]. The third-order valence-corrected chi connectivity index (χ3v) is 3.48. The number of benzene rings is 1. The van der Waals surface area contributed by atoms with Crippen molar-refractivity contribution >= 4 is 23.1 Å². The highest BCUT2D eigenvalue weighted by molar-refractivity contribution is 7.99. The minimum atomic E-state index is 0. The normalized spacial score (nSPS) is 9.85. The lowest BCUT2D eigenvalue weighted by atomic mass is 10.2. The number of nitrogens with zero attached hydrogens (tertiary/aromatic N) is 3. The van der Waals surface area contributed by atoms with Crippen LogP contribution in [0.5, 0.6) is 5.75 Å². The van der Waals surface area contributed by atoms with E-state index in [2.05, 4.69) is 25.7 Å². The van der Waals surface area contributed by atoms with Crippen LogP contribution in [0.15, 0.2) is 17.0 Å². The molecule has 0 spiro atoms. The van der Waals surface area contributed by atoms with Gasteiger partial charge in [0.25, 0.3) is 0 Å². The Morgan fingerprint density at radius 2 is 2.00 bits per heavy atom. The van der Waals surface area contributed by atoms with Crippen molar-refractivity contribution in [3.63, 3.8) is 0 Å². The van der Waals surface area contributed by atoms with Crippen LogP contribution >= 0.6 is 11.8 Å². The van der Waals surface area contributed by atoms with Crippen molar-refractivity contribution in [1.82, 2.24) is 0 Å². The summed E-state index contributed by atoms with van der Waals surface area (Å²) in [7, 11) is 3.96. The summed E-state index contributed by atoms with van der Waals surface area (Å²) in [6.07, 6.45) is 0. The average Bonchev–Trinajstić information content (AvgIpc) is 2.36. The van der Waals surface area contributed by atoms with Crippen LogP contribution in [0.4, 0.5) is 11.4 Å². The van der Waals surface area contributed by atoms with Gasteiger partial charge in [-0.3, -0.25) is 0 Å². The zero-order valence-electron chi connectivity index (χ0n) is 12.7. The van der Waals surface area contributed by atoms with Crippen molar-refractivity contribution in [2.24, 2.45) is 5.92 Å². The Hall–Kier alpha value is -1.12. The van der Waals surface area contributed by atoms with Crippen molar-refractivity contribution in [2.75, 3.05) is 31.4 Å². The lowest BCUT2D eigenvalue weighted by molar-refractivity contribution is -0.00000475. The number of diazo groups is 1. The summed E-state index contributed by atoms with van der Waals surface area (Å²) in [5.41, 5.74) is 1.57. The molecule has 0 bridgehead atoms. The number of hydrogen-bond donors (Lipinski definition) is 0. The maximum absolute atomic E-state index is 9.12. The van der Waals surface area contributed by atoms with Gasteiger partial charge in [-0.15, -0.1) is 11.8 Å². The maximum Gasteiger partial charge on any atom is 0.402 e. The van der Waals surface area contributed by atoms with Gasteiger partial charge in [-0.2, -0.15) is 0 Å². The molecule has 6 heteroatoms. The summed E-state index contributed by atoms with van der Waals surface area (Å²) in [5, 5.41) is 9.12. The van der Waals surface area contributed by atoms with Gasteiger partial charge >= 0.3 is 5.69 Å². The van der Waals surface area contributed by atoms with E-state index in [9.17, 15) is 0 Å². The predicted molar refractivity (Wildman–Crippen MR) is 82.2 cm³/mol. The monoisotopic (exact) mass is 315 g/mol. The fraction of sp³-hybridized carbons (Fsp3) is 0.571. The lowest BCUT2D eigenvalue weighted by Gasteiger charge is -2.20. The van der Waals surface area contributed by atoms with E-state index in [4.69, 9.17) is 10.1 Å². The molecule has 0 saturated carbocycles. The van der Waals surface area contributed by atoms with E-state index in [1.54, 1.807) is 11.8 Å². The first-order valence-corrected chi connectivity index (χ1v) is 7.44. The Kier molecular flexibility index (Phi) is 8.43. The zero-order valence-corrected chi connectivity index (χ0v) is 14.3. The first kappa shape index (κ1) is 18.9. The van der Waals surface area contributed by atoms with E-state index in [0.29, 0.717) is 18.2 Å². The van der Waals surface area contributed by atoms with E-state index in [-0.39, 0.29) is 12.4 Å². The molecule has 112 valence electrons. The Balaban J connectivity index is 0.00000361. The Bertz CT molecular complexity index is 472. The molecule has 4 nitrogen and oxygen atoms in total. The van der Waals surface area contributed by atoms with Gasteiger partial charge < -0.3 is 22.0 Å². The van der Waals surface area contributed by atoms with Crippen LogP contribution in [0.1, 0.15) is 20.8 Å². The van der Waals surface area contributed by atoms with Crippen molar-refractivity contribution in [2.45, 2.75) is 25.7 Å². The highest BCUT2D eigenvalue weighted by Crippen LogP contribution is 2.44. The van der Waals surface area contributed by atoms with Crippen LogP contribution in [-0.2, 0) is 0 Å². The van der Waals surface area contributed by atoms with Gasteiger partial charge in [-0.05, 0) is 17.7 Å². The van der Waals surface area contributed by atoms with E-state index < -0.39 is 0 Å². The molecular formula is C14H22ClN3OS. The molecule has 1 aromatic rings. The average molecular weight is 316 g/mol. The van der Waals surface area contributed by atoms with Crippen LogP contribution in [0.25, 0.3) is 4.98 Å². The minimum absolute atomic E-state index is 0. The highest BCUT2D eigenvalue weighted by Gasteiger charge is 2.23. The number of halogens is 1. The third-order valence-electron chi connectivity index (χ3n) is 2.51. The topological polar surface area (TPSA) is 40.6 Å². The summed E-state index contributed by atoms with van der Waals surface area (Å²) in [5.74, 6) is 2.15. The van der Waals surface area contributed by atoms with Crippen LogP contribution in [-0.4, -0.2) is 26.5 Å². The third kappa shape index (κ3) is 4.77. The fourth-order valence-corrected chi connectivity index (χ4v) is 2.49. The summed E-state index contributed by atoms with van der Waals surface area (Å²) in [6.45, 7) is 6.94. The van der Waals surface area contributed by atoms with E-state index in [1.165, 1.54) is 0 Å². The van der Waals surface area contributed by atoms with E-state index in [0.717, 1.165) is 22.1 Å². The molecule has 0 aliphatic rings. The lowest BCUT2D eigenvalue weighted by Crippen LogP contribution is -3.00. The van der Waals surface area contributed by atoms with E-state index in [1.807, 2.05) is 31.1 Å². The Labute approximate surface area is 131 Å². The number of thioether (sulfide) groups is 1. The van der Waals surface area contributed by atoms with Gasteiger partial charge in [-0.25, -0.2) is 0 Å². The van der Waals surface area contributed by atoms with Gasteiger partial charge in [0.15, 0.2) is 10.7 Å². The minimum Gasteiger partial charge on any atom is -1.00 e. The van der Waals surface area contributed by atoms with Crippen LogP contribution in [0, 0.1) is 11.3 Å². The van der Waals surface area contributed by atoms with E-state index >= 15 is 0 Å². The molecule has 0 amide bonds. The van der Waals surface area contributed by atoms with Crippen LogP contribution in [0.2, 0.25) is 0 Å². The molecule has 0 heterocycles. The molecule has 0 atom stereocenters. The quantitative estimate of drug-likeness (QED) is 0.587. The fourth-order valence-electron chi connectivity index (χ4n) is 1.65. The molecule has 1 rings (SSSR count). The van der Waals surface area contributed by atoms with Crippen LogP contribution in [0.3, 0.4) is 0 Å². The molecule has 1 aromatic carbocycles. The smallest absolute Gasteiger partial charge is 0.402 e. The summed E-state index contributed by atoms with van der Waals surface area (Å²) in [4.78, 5) is 6.27. The van der Waals surface area contributed by atoms with Gasteiger partial charge in [0.05, 0.1) is 12.3 Å². The maximum atomic E-state index is 9.12. The molecule has 0 fully saturated rings. The van der Waals surface area contributed by atoms with Crippen molar-refractivity contribution in [3.05, 3.63) is 17.1 Å². The van der Waals surface area contributed by atoms with Crippen molar-refractivity contribution in [3.8, 4) is 5.75 Å². The number of rotatable bonds is 6. The van der Waals surface area contributed by atoms with Crippen LogP contribution < -0.4 is 22.0 Å². The summed E-state index contributed by atoms with van der Waals surface area (Å²) in [6, 6.07) is 3.74. The van der Waals surface area contributed by atoms with Gasteiger partial charge in [0, 0.05) is 20.2 Å². The van der Waals surface area contributed by atoms with Crippen molar-refractivity contribution < 1.29 is 17.1 Å². The molecule has 0 saturated heterocycles. The number of ether oxygens (including phenoxy) is 1. The molecular weight excluding hydrogens is 294 g/mol. The second-order valence-corrected chi connectivity index (χ2v) is 6.17. The molecule has 0 radical (unpaired) electrons. The first-order chi connectivity index (χ1) is 9.01. The summed E-state index contributed by atoms with van der Waals surface area (Å²) >= 11 is 1.63. The number of anilines is 1. The second-order valence-electron chi connectivity index (χ2n) is 4.89. The Morgan fingerprint density at radius 1 is 1.35 bits per heavy atom. The highest BCUT2D eigenvalue weighted by atomic mass is 35.5. The molecule has 0 N–H and O–H groups in total. The predicted octanol–water partition coefficient (Wildman–Crippen LogP) is 1.39. The standard InChI is InChI=1S/C14H22N3OS.ClH/c1-6-19-14-11(16-15)7-8-12(17(4)5)13(14)18-9-10(2)3;/h7-8,10H,6,9H2,1-5H3;1H/q+1;/p-1. The summed E-state index contributed by atoms with van der Waals surface area (Å²) < 4.78 is 5.95. The molecule has 20 heavy (non-hydrogen) atoms. The van der Waals surface area contributed by atoms with Gasteiger partial charge in [0.1, 0.15) is 4.90 Å². The first-order valence-electron chi connectivity index (χ1n) is 6.46. The largest absolute Gasteiger partial charge is 1.00 e. The molecule has 0 aliphatic heterocycles. The van der Waals surface area contributed by atoms with Gasteiger partial charge in [0.2, 0.25) is 5.39 Å². The van der Waals surface area contributed by atoms with Crippen molar-refractivity contribution in [1.29, 1.82) is 5.39 Å². The van der Waals surface area contributed by atoms with Gasteiger partial charge in [-0.1, -0.05) is 20.8 Å². The zero-order chi connectivity index (χ0) is 14.4. The second kappa shape index (κ2) is 8.93. The molecule has 0 aliphatic carbocycles. The molecule has 0 aromatic heterocycles. The molecule has 0 unspecified atom stereocenters. The number of hydrogen-bond acceptors (Lipinski definition) is 4.